The van der Waals surface area contributed by atoms with E-state index in [4.69, 9.17) is 21.1 Å². The Morgan fingerprint density at radius 2 is 2.35 bits per heavy atom. The Kier molecular flexibility index (Phi) is 5.48. The number of ether oxygens (including phenoxy) is 2. The third-order valence-electron chi connectivity index (χ3n) is 3.49. The molecule has 0 spiro atoms. The molecule has 1 aliphatic rings. The number of carbonyl (C=O) groups excluding carboxylic acids is 1. The molecule has 23 heavy (non-hydrogen) atoms. The Morgan fingerprint density at radius 3 is 3.13 bits per heavy atom. The average Bonchev–Trinajstić information content (AvgIpc) is 3.23. The molecule has 1 aromatic heterocycles. The van der Waals surface area contributed by atoms with Crippen molar-refractivity contribution in [3.63, 3.8) is 0 Å². The summed E-state index contributed by atoms with van der Waals surface area (Å²) in [6, 6.07) is 7.26. The number of aromatic nitrogens is 1. The minimum atomic E-state index is -0.180. The number of rotatable bonds is 6. The van der Waals surface area contributed by atoms with Crippen molar-refractivity contribution >= 4 is 28.8 Å². The number of thiazole rings is 1. The summed E-state index contributed by atoms with van der Waals surface area (Å²) in [5, 5.41) is 5.87. The van der Waals surface area contributed by atoms with Gasteiger partial charge in [-0.3, -0.25) is 4.79 Å². The Labute approximate surface area is 143 Å². The van der Waals surface area contributed by atoms with E-state index >= 15 is 0 Å². The molecule has 1 atom stereocenters. The first kappa shape index (κ1) is 16.2. The van der Waals surface area contributed by atoms with Crippen LogP contribution in [0.15, 0.2) is 29.6 Å². The molecule has 5 nitrogen and oxygen atoms in total. The van der Waals surface area contributed by atoms with Crippen LogP contribution in [0.1, 0.15) is 28.3 Å². The average molecular weight is 353 g/mol. The summed E-state index contributed by atoms with van der Waals surface area (Å²) in [6.07, 6.45) is 2.18. The van der Waals surface area contributed by atoms with E-state index in [1.54, 1.807) is 17.5 Å². The maximum atomic E-state index is 12.1. The van der Waals surface area contributed by atoms with Gasteiger partial charge < -0.3 is 14.8 Å². The molecule has 3 rings (SSSR count). The fraction of sp³-hybridized carbons (Fsp3) is 0.375. The molecule has 1 aliphatic heterocycles. The summed E-state index contributed by atoms with van der Waals surface area (Å²) in [7, 11) is 0. The van der Waals surface area contributed by atoms with Crippen LogP contribution >= 0.6 is 22.9 Å². The fourth-order valence-corrected chi connectivity index (χ4v) is 3.16. The van der Waals surface area contributed by atoms with E-state index < -0.39 is 0 Å². The lowest BCUT2D eigenvalue weighted by molar-refractivity contribution is 0.0854. The largest absolute Gasteiger partial charge is 0.485 e. The molecule has 0 saturated carbocycles. The normalized spacial score (nSPS) is 17.2. The molecule has 2 heterocycles. The number of amides is 1. The van der Waals surface area contributed by atoms with E-state index in [0.717, 1.165) is 24.5 Å². The van der Waals surface area contributed by atoms with Crippen LogP contribution in [0.2, 0.25) is 5.02 Å². The summed E-state index contributed by atoms with van der Waals surface area (Å²) < 4.78 is 11.1. The zero-order chi connectivity index (χ0) is 16.1. The van der Waals surface area contributed by atoms with Crippen LogP contribution in [0.5, 0.6) is 5.75 Å². The van der Waals surface area contributed by atoms with Crippen molar-refractivity contribution in [2.24, 2.45) is 0 Å². The van der Waals surface area contributed by atoms with Gasteiger partial charge in [-0.1, -0.05) is 23.7 Å². The Bertz CT molecular complexity index is 671. The van der Waals surface area contributed by atoms with E-state index in [1.165, 1.54) is 11.3 Å². The number of hydrogen-bond acceptors (Lipinski definition) is 5. The van der Waals surface area contributed by atoms with Crippen LogP contribution in [-0.4, -0.2) is 30.1 Å². The highest BCUT2D eigenvalue weighted by atomic mass is 35.5. The van der Waals surface area contributed by atoms with Crippen molar-refractivity contribution in [1.82, 2.24) is 10.3 Å². The maximum absolute atomic E-state index is 12.1. The van der Waals surface area contributed by atoms with Gasteiger partial charge in [0.15, 0.2) is 0 Å². The van der Waals surface area contributed by atoms with Gasteiger partial charge in [-0.15, -0.1) is 11.3 Å². The minimum Gasteiger partial charge on any atom is -0.485 e. The maximum Gasteiger partial charge on any atom is 0.270 e. The minimum absolute atomic E-state index is 0.126. The summed E-state index contributed by atoms with van der Waals surface area (Å²) in [5.41, 5.74) is 0.408. The summed E-state index contributed by atoms with van der Waals surface area (Å²) in [6.45, 7) is 1.59. The molecule has 122 valence electrons. The van der Waals surface area contributed by atoms with Gasteiger partial charge in [-0.25, -0.2) is 4.98 Å². The van der Waals surface area contributed by atoms with E-state index in [-0.39, 0.29) is 18.6 Å². The van der Waals surface area contributed by atoms with Crippen LogP contribution in [-0.2, 0) is 11.3 Å². The number of carbonyl (C=O) groups is 1. The molecule has 1 fully saturated rings. The third kappa shape index (κ3) is 4.43. The molecule has 1 unspecified atom stereocenters. The second-order valence-corrected chi connectivity index (χ2v) is 6.54. The van der Waals surface area contributed by atoms with Gasteiger partial charge in [0.1, 0.15) is 23.1 Å². The van der Waals surface area contributed by atoms with Crippen molar-refractivity contribution in [3.05, 3.63) is 45.4 Å². The van der Waals surface area contributed by atoms with Gasteiger partial charge in [0.2, 0.25) is 0 Å². The van der Waals surface area contributed by atoms with Crippen LogP contribution in [0.25, 0.3) is 0 Å². The molecule has 7 heteroatoms. The molecule has 1 saturated heterocycles. The summed E-state index contributed by atoms with van der Waals surface area (Å²) in [5.74, 6) is 0.425. The lowest BCUT2D eigenvalue weighted by atomic mass is 10.2. The number of halogens is 1. The van der Waals surface area contributed by atoms with Gasteiger partial charge in [-0.05, 0) is 25.0 Å². The number of para-hydroxylation sites is 1. The monoisotopic (exact) mass is 352 g/mol. The Balaban J connectivity index is 1.51. The molecule has 1 N–H and O–H groups in total. The predicted molar refractivity (Wildman–Crippen MR) is 89.2 cm³/mol. The van der Waals surface area contributed by atoms with Gasteiger partial charge in [0.05, 0.1) is 11.1 Å². The van der Waals surface area contributed by atoms with Gasteiger partial charge in [0.25, 0.3) is 5.91 Å². The number of benzene rings is 1. The Morgan fingerprint density at radius 1 is 1.48 bits per heavy atom. The van der Waals surface area contributed by atoms with Gasteiger partial charge in [-0.2, -0.15) is 0 Å². The highest BCUT2D eigenvalue weighted by molar-refractivity contribution is 7.09. The lowest BCUT2D eigenvalue weighted by Gasteiger charge is -2.09. The van der Waals surface area contributed by atoms with E-state index in [9.17, 15) is 4.79 Å². The van der Waals surface area contributed by atoms with Crippen molar-refractivity contribution in [2.75, 3.05) is 13.2 Å². The second-order valence-electron chi connectivity index (χ2n) is 5.19. The number of hydrogen-bond donors (Lipinski definition) is 1. The Hall–Kier alpha value is -1.63. The standard InChI is InChI=1S/C16H17ClN2O3S/c17-12-5-1-2-6-14(12)22-9-15-19-13(10-23-15)16(20)18-8-11-4-3-7-21-11/h1-2,5-6,10-11H,3-4,7-9H2,(H,18,20). The molecule has 2 aromatic rings. The molecular formula is C16H17ClN2O3S. The zero-order valence-corrected chi connectivity index (χ0v) is 14.0. The van der Waals surface area contributed by atoms with Crippen LogP contribution in [0.3, 0.4) is 0 Å². The number of nitrogens with zero attached hydrogens (tertiary/aromatic N) is 1. The SMILES string of the molecule is O=C(NCC1CCCO1)c1csc(COc2ccccc2Cl)n1. The molecule has 0 radical (unpaired) electrons. The first-order valence-corrected chi connectivity index (χ1v) is 8.69. The van der Waals surface area contributed by atoms with E-state index in [2.05, 4.69) is 10.3 Å². The van der Waals surface area contributed by atoms with Gasteiger partial charge in [0, 0.05) is 18.5 Å². The third-order valence-corrected chi connectivity index (χ3v) is 4.62. The molecule has 0 aliphatic carbocycles. The first-order valence-electron chi connectivity index (χ1n) is 7.44. The van der Waals surface area contributed by atoms with Gasteiger partial charge >= 0.3 is 0 Å². The smallest absolute Gasteiger partial charge is 0.270 e. The molecule has 0 bridgehead atoms. The van der Waals surface area contributed by atoms with Crippen LogP contribution in [0.4, 0.5) is 0 Å². The second kappa shape index (κ2) is 7.77. The van der Waals surface area contributed by atoms with Crippen LogP contribution < -0.4 is 10.1 Å². The fourth-order valence-electron chi connectivity index (χ4n) is 2.29. The quantitative estimate of drug-likeness (QED) is 0.866. The van der Waals surface area contributed by atoms with Crippen molar-refractivity contribution in [1.29, 1.82) is 0 Å². The van der Waals surface area contributed by atoms with Crippen molar-refractivity contribution < 1.29 is 14.3 Å². The van der Waals surface area contributed by atoms with E-state index in [1.807, 2.05) is 12.1 Å². The summed E-state index contributed by atoms with van der Waals surface area (Å²) in [4.78, 5) is 16.4. The number of nitrogens with one attached hydrogen (secondary N) is 1. The molecule has 1 aromatic carbocycles. The van der Waals surface area contributed by atoms with E-state index in [0.29, 0.717) is 23.0 Å². The van der Waals surface area contributed by atoms with Crippen molar-refractivity contribution in [2.45, 2.75) is 25.6 Å². The molecular weight excluding hydrogens is 336 g/mol. The highest BCUT2D eigenvalue weighted by Crippen LogP contribution is 2.24. The lowest BCUT2D eigenvalue weighted by Crippen LogP contribution is -2.31. The van der Waals surface area contributed by atoms with Crippen LogP contribution in [0, 0.1) is 0 Å². The van der Waals surface area contributed by atoms with Crippen molar-refractivity contribution in [3.8, 4) is 5.75 Å². The summed E-state index contributed by atoms with van der Waals surface area (Å²) >= 11 is 7.42. The predicted octanol–water partition coefficient (Wildman–Crippen LogP) is 3.28. The topological polar surface area (TPSA) is 60.5 Å². The first-order chi connectivity index (χ1) is 11.2. The molecule has 1 amide bonds. The zero-order valence-electron chi connectivity index (χ0n) is 12.5. The highest BCUT2D eigenvalue weighted by Gasteiger charge is 2.18.